The van der Waals surface area contributed by atoms with Gasteiger partial charge in [0.25, 0.3) is 0 Å². The molecule has 3 nitrogen and oxygen atoms in total. The Morgan fingerprint density at radius 1 is 1.47 bits per heavy atom. The molecule has 0 unspecified atom stereocenters. The van der Waals surface area contributed by atoms with E-state index in [-0.39, 0.29) is 5.78 Å². The summed E-state index contributed by atoms with van der Waals surface area (Å²) in [5, 5.41) is 0. The summed E-state index contributed by atoms with van der Waals surface area (Å²) < 4.78 is 10.7. The molecule has 0 atom stereocenters. The minimum absolute atomic E-state index is 0.0449. The molecule has 0 aromatic heterocycles. The van der Waals surface area contributed by atoms with Gasteiger partial charge < -0.3 is 9.47 Å². The Balaban J connectivity index is 2.48. The summed E-state index contributed by atoms with van der Waals surface area (Å²) in [6, 6.07) is 5.62. The lowest BCUT2D eigenvalue weighted by Gasteiger charge is -2.18. The molecule has 78 valence electrons. The molecule has 3 heteroatoms. The van der Waals surface area contributed by atoms with Gasteiger partial charge in [0.1, 0.15) is 6.61 Å². The van der Waals surface area contributed by atoms with Gasteiger partial charge in [0.2, 0.25) is 0 Å². The first-order chi connectivity index (χ1) is 7.22. The Labute approximate surface area is 88.3 Å². The summed E-state index contributed by atoms with van der Waals surface area (Å²) >= 11 is 0. The van der Waals surface area contributed by atoms with Crippen molar-refractivity contribution in [3.05, 3.63) is 29.3 Å². The van der Waals surface area contributed by atoms with Gasteiger partial charge in [-0.25, -0.2) is 0 Å². The van der Waals surface area contributed by atoms with Crippen molar-refractivity contribution in [2.75, 3.05) is 13.7 Å². The van der Waals surface area contributed by atoms with Crippen LogP contribution in [0.2, 0.25) is 0 Å². The zero-order valence-electron chi connectivity index (χ0n) is 8.74. The molecular formula is C12H12O3. The molecule has 1 aliphatic rings. The smallest absolute Gasteiger partial charge is 0.168 e. The van der Waals surface area contributed by atoms with Crippen LogP contribution in [-0.2, 0) is 4.79 Å². The van der Waals surface area contributed by atoms with Gasteiger partial charge in [-0.3, -0.25) is 4.79 Å². The van der Waals surface area contributed by atoms with E-state index in [1.807, 2.05) is 24.3 Å². The third kappa shape index (κ3) is 1.73. The van der Waals surface area contributed by atoms with Crippen LogP contribution in [0.15, 0.2) is 23.8 Å². The molecule has 2 rings (SSSR count). The molecule has 1 aliphatic heterocycles. The van der Waals surface area contributed by atoms with E-state index in [1.165, 1.54) is 0 Å². The molecule has 1 heterocycles. The van der Waals surface area contributed by atoms with Crippen LogP contribution >= 0.6 is 0 Å². The molecule has 0 aliphatic carbocycles. The Morgan fingerprint density at radius 3 is 2.93 bits per heavy atom. The topological polar surface area (TPSA) is 35.5 Å². The number of para-hydroxylation sites is 1. The third-order valence-corrected chi connectivity index (χ3v) is 2.38. The van der Waals surface area contributed by atoms with Crippen molar-refractivity contribution in [2.24, 2.45) is 0 Å². The minimum Gasteiger partial charge on any atom is -0.493 e. The number of fused-ring (bicyclic) bond motifs is 1. The standard InChI is InChI=1S/C12H12O3/c1-8(13)10-6-9-4-3-5-11(14-2)12(9)15-7-10/h3-6H,7H2,1-2H3. The largest absolute Gasteiger partial charge is 0.493 e. The molecule has 15 heavy (non-hydrogen) atoms. The lowest BCUT2D eigenvalue weighted by molar-refractivity contribution is -0.113. The summed E-state index contributed by atoms with van der Waals surface area (Å²) in [6.45, 7) is 1.86. The average Bonchev–Trinajstić information content (AvgIpc) is 2.27. The molecule has 1 aromatic rings. The van der Waals surface area contributed by atoms with E-state index >= 15 is 0 Å². The van der Waals surface area contributed by atoms with Gasteiger partial charge in [0.15, 0.2) is 17.3 Å². The number of ether oxygens (including phenoxy) is 2. The monoisotopic (exact) mass is 204 g/mol. The molecule has 0 saturated heterocycles. The quantitative estimate of drug-likeness (QED) is 0.739. The van der Waals surface area contributed by atoms with Gasteiger partial charge in [-0.1, -0.05) is 12.1 Å². The highest BCUT2D eigenvalue weighted by Gasteiger charge is 2.17. The highest BCUT2D eigenvalue weighted by atomic mass is 16.5. The van der Waals surface area contributed by atoms with Crippen LogP contribution in [-0.4, -0.2) is 19.5 Å². The molecule has 0 bridgehead atoms. The van der Waals surface area contributed by atoms with E-state index < -0.39 is 0 Å². The van der Waals surface area contributed by atoms with Gasteiger partial charge in [0.05, 0.1) is 7.11 Å². The minimum atomic E-state index is 0.0449. The normalized spacial score (nSPS) is 13.6. The summed E-state index contributed by atoms with van der Waals surface area (Å²) in [4.78, 5) is 11.2. The number of carbonyl (C=O) groups is 1. The molecular weight excluding hydrogens is 192 g/mol. The Bertz CT molecular complexity index is 432. The van der Waals surface area contributed by atoms with Crippen LogP contribution in [0, 0.1) is 0 Å². The fourth-order valence-corrected chi connectivity index (χ4v) is 1.54. The van der Waals surface area contributed by atoms with Gasteiger partial charge in [-0.05, 0) is 19.1 Å². The van der Waals surface area contributed by atoms with Crippen molar-refractivity contribution in [1.29, 1.82) is 0 Å². The number of hydrogen-bond acceptors (Lipinski definition) is 3. The van der Waals surface area contributed by atoms with Crippen LogP contribution in [0.5, 0.6) is 11.5 Å². The maximum absolute atomic E-state index is 11.2. The summed E-state index contributed by atoms with van der Waals surface area (Å²) in [6.07, 6.45) is 1.85. The first-order valence-corrected chi connectivity index (χ1v) is 4.73. The van der Waals surface area contributed by atoms with Crippen molar-refractivity contribution in [3.8, 4) is 11.5 Å². The van der Waals surface area contributed by atoms with Gasteiger partial charge >= 0.3 is 0 Å². The van der Waals surface area contributed by atoms with Crippen LogP contribution in [0.4, 0.5) is 0 Å². The summed E-state index contributed by atoms with van der Waals surface area (Å²) in [5.74, 6) is 1.46. The number of benzene rings is 1. The van der Waals surface area contributed by atoms with E-state index in [0.29, 0.717) is 23.7 Å². The number of ketones is 1. The van der Waals surface area contributed by atoms with Crippen molar-refractivity contribution < 1.29 is 14.3 Å². The van der Waals surface area contributed by atoms with E-state index in [1.54, 1.807) is 14.0 Å². The second-order valence-electron chi connectivity index (χ2n) is 3.39. The maximum Gasteiger partial charge on any atom is 0.168 e. The van der Waals surface area contributed by atoms with Crippen LogP contribution in [0.25, 0.3) is 6.08 Å². The Hall–Kier alpha value is -1.77. The van der Waals surface area contributed by atoms with E-state index in [9.17, 15) is 4.79 Å². The number of hydrogen-bond donors (Lipinski definition) is 0. The van der Waals surface area contributed by atoms with Crippen LogP contribution < -0.4 is 9.47 Å². The fraction of sp³-hybridized carbons (Fsp3) is 0.250. The zero-order valence-corrected chi connectivity index (χ0v) is 8.74. The van der Waals surface area contributed by atoms with Crippen molar-refractivity contribution >= 4 is 11.9 Å². The van der Waals surface area contributed by atoms with Crippen molar-refractivity contribution in [3.63, 3.8) is 0 Å². The second kappa shape index (κ2) is 3.77. The highest BCUT2D eigenvalue weighted by Crippen LogP contribution is 2.35. The summed E-state index contributed by atoms with van der Waals surface area (Å²) in [5.41, 5.74) is 1.58. The molecule has 0 fully saturated rings. The molecule has 0 saturated carbocycles. The van der Waals surface area contributed by atoms with Crippen LogP contribution in [0.1, 0.15) is 12.5 Å². The second-order valence-corrected chi connectivity index (χ2v) is 3.39. The molecule has 0 radical (unpaired) electrons. The highest BCUT2D eigenvalue weighted by molar-refractivity contribution is 5.99. The number of rotatable bonds is 2. The lowest BCUT2D eigenvalue weighted by atomic mass is 10.0. The van der Waals surface area contributed by atoms with E-state index in [4.69, 9.17) is 9.47 Å². The predicted octanol–water partition coefficient (Wildman–Crippen LogP) is 2.06. The van der Waals surface area contributed by atoms with Crippen molar-refractivity contribution in [2.45, 2.75) is 6.92 Å². The first kappa shape index (κ1) is 9.77. The maximum atomic E-state index is 11.2. The average molecular weight is 204 g/mol. The third-order valence-electron chi connectivity index (χ3n) is 2.38. The van der Waals surface area contributed by atoms with Gasteiger partial charge in [-0.15, -0.1) is 0 Å². The van der Waals surface area contributed by atoms with E-state index in [2.05, 4.69) is 0 Å². The lowest BCUT2D eigenvalue weighted by Crippen LogP contribution is -2.13. The molecule has 0 amide bonds. The number of Topliss-reactive ketones (excluding diaryl/α,β-unsaturated/α-hetero) is 1. The molecule has 0 spiro atoms. The van der Waals surface area contributed by atoms with Gasteiger partial charge in [-0.2, -0.15) is 0 Å². The number of carbonyl (C=O) groups excluding carboxylic acids is 1. The van der Waals surface area contributed by atoms with Crippen LogP contribution in [0.3, 0.4) is 0 Å². The fourth-order valence-electron chi connectivity index (χ4n) is 1.54. The molecule has 0 N–H and O–H groups in total. The zero-order chi connectivity index (χ0) is 10.8. The summed E-state index contributed by atoms with van der Waals surface area (Å²) in [7, 11) is 1.60. The Kier molecular flexibility index (Phi) is 2.46. The predicted molar refractivity (Wildman–Crippen MR) is 57.1 cm³/mol. The van der Waals surface area contributed by atoms with E-state index in [0.717, 1.165) is 5.56 Å². The van der Waals surface area contributed by atoms with Gasteiger partial charge in [0, 0.05) is 11.1 Å². The Morgan fingerprint density at radius 2 is 2.27 bits per heavy atom. The first-order valence-electron chi connectivity index (χ1n) is 4.73. The van der Waals surface area contributed by atoms with Crippen molar-refractivity contribution in [1.82, 2.24) is 0 Å². The number of methoxy groups -OCH3 is 1. The molecule has 1 aromatic carbocycles. The SMILES string of the molecule is COc1cccc2c1OCC(C(C)=O)=C2.